The molecule has 9 heteroatoms. The van der Waals surface area contributed by atoms with Gasteiger partial charge in [-0.1, -0.05) is 26.8 Å². The first-order valence-corrected chi connectivity index (χ1v) is 11.0. The quantitative estimate of drug-likeness (QED) is 0.526. The van der Waals surface area contributed by atoms with Crippen LogP contribution in [0.5, 0.6) is 0 Å². The van der Waals surface area contributed by atoms with Crippen molar-refractivity contribution in [3.8, 4) is 0 Å². The number of amides is 3. The highest BCUT2D eigenvalue weighted by Crippen LogP contribution is 2.45. The van der Waals surface area contributed by atoms with E-state index in [-0.39, 0.29) is 24.7 Å². The maximum atomic E-state index is 13.5. The maximum absolute atomic E-state index is 13.5. The number of alkyl carbamates (subject to hydrolysis) is 1. The number of carbonyl (C=O) groups excluding carboxylic acids is 4. The summed E-state index contributed by atoms with van der Waals surface area (Å²) in [4.78, 5) is 52.4. The summed E-state index contributed by atoms with van der Waals surface area (Å²) < 4.78 is 5.30. The lowest BCUT2D eigenvalue weighted by molar-refractivity contribution is -0.142. The number of carbonyl (C=O) groups is 4. The molecule has 0 aromatic carbocycles. The number of nitrogens with zero attached hydrogens (tertiary/aromatic N) is 1. The summed E-state index contributed by atoms with van der Waals surface area (Å²) in [6.07, 6.45) is 0.515. The molecule has 0 aromatic heterocycles. The second-order valence-electron chi connectivity index (χ2n) is 10.9. The zero-order valence-electron chi connectivity index (χ0n) is 20.2. The molecule has 2 aliphatic rings. The number of aliphatic hydroxyl groups is 1. The summed E-state index contributed by atoms with van der Waals surface area (Å²) in [7, 11) is 0. The van der Waals surface area contributed by atoms with Crippen molar-refractivity contribution < 1.29 is 29.0 Å². The third-order valence-corrected chi connectivity index (χ3v) is 5.91. The topological polar surface area (TPSA) is 125 Å². The van der Waals surface area contributed by atoms with Crippen LogP contribution < -0.4 is 10.6 Å². The molecule has 0 radical (unpaired) electrons. The minimum Gasteiger partial charge on any atom is -0.444 e. The minimum atomic E-state index is -1.00. The number of aliphatic hydroxyl groups excluding tert-OH is 1. The van der Waals surface area contributed by atoms with Crippen LogP contribution in [0.4, 0.5) is 4.79 Å². The fourth-order valence-electron chi connectivity index (χ4n) is 4.06. The lowest BCUT2D eigenvalue weighted by Gasteiger charge is -2.36. The number of ketones is 1. The Morgan fingerprint density at radius 3 is 2.22 bits per heavy atom. The van der Waals surface area contributed by atoms with Gasteiger partial charge in [0.2, 0.25) is 11.8 Å². The molecule has 0 bridgehead atoms. The van der Waals surface area contributed by atoms with Crippen molar-refractivity contribution in [3.63, 3.8) is 0 Å². The van der Waals surface area contributed by atoms with E-state index < -0.39 is 52.7 Å². The van der Waals surface area contributed by atoms with Gasteiger partial charge in [-0.25, -0.2) is 4.79 Å². The number of β-amino-alcohol motifs (C(OH)–C–C–N with tert-alkyl or cyclic N) is 1. The number of hydrogen-bond donors (Lipinski definition) is 3. The molecule has 0 spiro atoms. The first-order valence-electron chi connectivity index (χ1n) is 11.0. The van der Waals surface area contributed by atoms with Crippen LogP contribution in [0.15, 0.2) is 12.7 Å². The van der Waals surface area contributed by atoms with Crippen LogP contribution in [0.25, 0.3) is 0 Å². The molecule has 180 valence electrons. The van der Waals surface area contributed by atoms with Gasteiger partial charge in [0.15, 0.2) is 5.78 Å². The van der Waals surface area contributed by atoms with Gasteiger partial charge in [-0.05, 0) is 39.5 Å². The van der Waals surface area contributed by atoms with Crippen LogP contribution in [-0.2, 0) is 19.1 Å². The van der Waals surface area contributed by atoms with E-state index in [0.29, 0.717) is 6.42 Å². The summed E-state index contributed by atoms with van der Waals surface area (Å²) in [6, 6.07) is -1.94. The standard InChI is InChI=1S/C23H37N3O6/c1-9-14-11-23(14,13(2)27)25-18(29)16-10-15(28)12-26(16)19(30)17(21(3,4)5)24-20(31)32-22(6,7)8/h9,14-17,28H,1,10-12H2,2-8H3,(H,24,31)(H,25,29)/t14?,15-,16-,17+,23-/m0/s1. The molecule has 3 N–H and O–H groups in total. The van der Waals surface area contributed by atoms with Gasteiger partial charge < -0.3 is 25.4 Å². The highest BCUT2D eigenvalue weighted by molar-refractivity contribution is 5.98. The van der Waals surface area contributed by atoms with Gasteiger partial charge in [-0.2, -0.15) is 0 Å². The molecule has 1 aliphatic heterocycles. The van der Waals surface area contributed by atoms with Crippen molar-refractivity contribution in [1.82, 2.24) is 15.5 Å². The second-order valence-corrected chi connectivity index (χ2v) is 10.9. The normalized spacial score (nSPS) is 28.5. The second kappa shape index (κ2) is 8.84. The Hall–Kier alpha value is -2.42. The fourth-order valence-corrected chi connectivity index (χ4v) is 4.06. The third-order valence-electron chi connectivity index (χ3n) is 5.91. The Labute approximate surface area is 189 Å². The van der Waals surface area contributed by atoms with Crippen molar-refractivity contribution >= 4 is 23.7 Å². The Morgan fingerprint density at radius 1 is 1.19 bits per heavy atom. The summed E-state index contributed by atoms with van der Waals surface area (Å²) in [6.45, 7) is 15.6. The van der Waals surface area contributed by atoms with E-state index in [1.807, 2.05) is 0 Å². The highest BCUT2D eigenvalue weighted by Gasteiger charge is 2.58. The average Bonchev–Trinajstić information content (AvgIpc) is 3.20. The zero-order valence-corrected chi connectivity index (χ0v) is 20.2. The molecule has 5 atom stereocenters. The van der Waals surface area contributed by atoms with E-state index in [1.165, 1.54) is 11.8 Å². The summed E-state index contributed by atoms with van der Waals surface area (Å²) in [5.41, 5.74) is -2.43. The molecule has 1 saturated carbocycles. The Kier molecular flexibility index (Phi) is 7.14. The first kappa shape index (κ1) is 25.8. The Bertz CT molecular complexity index is 797. The third kappa shape index (κ3) is 5.68. The van der Waals surface area contributed by atoms with Crippen molar-refractivity contribution in [1.29, 1.82) is 0 Å². The molecule has 2 fully saturated rings. The van der Waals surface area contributed by atoms with Crippen LogP contribution >= 0.6 is 0 Å². The van der Waals surface area contributed by atoms with Gasteiger partial charge in [0.1, 0.15) is 23.2 Å². The molecule has 32 heavy (non-hydrogen) atoms. The monoisotopic (exact) mass is 451 g/mol. The molecule has 0 aromatic rings. The van der Waals surface area contributed by atoms with E-state index in [9.17, 15) is 24.3 Å². The molecular weight excluding hydrogens is 414 g/mol. The Balaban J connectivity index is 2.22. The van der Waals surface area contributed by atoms with Crippen LogP contribution in [-0.4, -0.2) is 69.6 Å². The van der Waals surface area contributed by atoms with Crippen LogP contribution in [0, 0.1) is 11.3 Å². The number of nitrogens with one attached hydrogen (secondary N) is 2. The van der Waals surface area contributed by atoms with E-state index in [4.69, 9.17) is 4.74 Å². The molecule has 2 rings (SSSR count). The van der Waals surface area contributed by atoms with E-state index in [1.54, 1.807) is 47.6 Å². The van der Waals surface area contributed by atoms with Gasteiger partial charge in [0.25, 0.3) is 0 Å². The predicted octanol–water partition coefficient (Wildman–Crippen LogP) is 1.54. The van der Waals surface area contributed by atoms with Crippen molar-refractivity contribution in [2.24, 2.45) is 11.3 Å². The molecular formula is C23H37N3O6. The predicted molar refractivity (Wildman–Crippen MR) is 119 cm³/mol. The van der Waals surface area contributed by atoms with Crippen LogP contribution in [0.2, 0.25) is 0 Å². The molecule has 1 heterocycles. The number of ether oxygens (including phenoxy) is 1. The lowest BCUT2D eigenvalue weighted by Crippen LogP contribution is -2.59. The number of Topliss-reactive ketones (excluding diaryl/α,β-unsaturated/α-hetero) is 1. The van der Waals surface area contributed by atoms with Crippen molar-refractivity contribution in [2.45, 2.75) is 90.6 Å². The number of hydrogen-bond acceptors (Lipinski definition) is 6. The first-order chi connectivity index (χ1) is 14.5. The van der Waals surface area contributed by atoms with Crippen LogP contribution in [0.3, 0.4) is 0 Å². The number of likely N-dealkylation sites (tertiary alicyclic amines) is 1. The fraction of sp³-hybridized carbons (Fsp3) is 0.739. The van der Waals surface area contributed by atoms with Crippen molar-refractivity contribution in [2.75, 3.05) is 6.54 Å². The van der Waals surface area contributed by atoms with E-state index in [0.717, 1.165) is 0 Å². The van der Waals surface area contributed by atoms with Gasteiger partial charge >= 0.3 is 6.09 Å². The molecule has 9 nitrogen and oxygen atoms in total. The maximum Gasteiger partial charge on any atom is 0.408 e. The number of rotatable bonds is 6. The smallest absolute Gasteiger partial charge is 0.408 e. The van der Waals surface area contributed by atoms with Crippen molar-refractivity contribution in [3.05, 3.63) is 12.7 Å². The van der Waals surface area contributed by atoms with Gasteiger partial charge in [0, 0.05) is 18.9 Å². The summed E-state index contributed by atoms with van der Waals surface area (Å²) >= 11 is 0. The van der Waals surface area contributed by atoms with E-state index >= 15 is 0 Å². The highest BCUT2D eigenvalue weighted by atomic mass is 16.6. The van der Waals surface area contributed by atoms with Gasteiger partial charge in [-0.15, -0.1) is 6.58 Å². The lowest BCUT2D eigenvalue weighted by atomic mass is 9.85. The molecule has 1 saturated heterocycles. The van der Waals surface area contributed by atoms with E-state index in [2.05, 4.69) is 17.2 Å². The average molecular weight is 452 g/mol. The van der Waals surface area contributed by atoms with Gasteiger partial charge in [0.05, 0.1) is 6.10 Å². The van der Waals surface area contributed by atoms with Crippen LogP contribution in [0.1, 0.15) is 61.3 Å². The molecule has 1 aliphatic carbocycles. The largest absolute Gasteiger partial charge is 0.444 e. The Morgan fingerprint density at radius 2 is 1.78 bits per heavy atom. The van der Waals surface area contributed by atoms with Gasteiger partial charge in [-0.3, -0.25) is 14.4 Å². The summed E-state index contributed by atoms with van der Waals surface area (Å²) in [5.74, 6) is -1.32. The zero-order chi connectivity index (χ0) is 24.6. The summed E-state index contributed by atoms with van der Waals surface area (Å²) in [5, 5.41) is 15.7. The molecule has 1 unspecified atom stereocenters. The SMILES string of the molecule is C=CC1C[C@]1(NC(=O)[C@@H]1C[C@H](O)CN1C(=O)[C@@H](NC(=O)OC(C)(C)C)C(C)(C)C)C(C)=O. The molecule has 3 amide bonds. The minimum absolute atomic E-state index is 0.0442.